The maximum Gasteiger partial charge on any atom is 0.933 e. The van der Waals surface area contributed by atoms with Crippen LogP contribution in [0.25, 0.3) is 45.6 Å². The van der Waals surface area contributed by atoms with E-state index >= 15 is 70.2 Å². The minimum absolute atomic E-state index is 0.0713. The molecule has 14 rings (SSSR count). The number of allylic oxidation sites excluding steroid dienone is 4. The number of anilines is 2. The SMILES string of the molecule is CC1=CC(C)=[N+](c2c(F)c(F)c(F)c(F)c2F)[B@-]2(N1c1c(F)c(F)c(F)c(F)c1F)[n+]1ccccc1-c1cccc(-c3ccccn3)[n+]12.CC1=CC(C)=[N+](c2c(F)c(F)c(F)c(F)c2F)[B@@-]2(N1c1c(F)c(F)c(F)c(F)c1F)[n+]1ccccc1-c1cccc(-c3ccccn3)[n+]12.ClCCl.ClCCl.O=S(=O)([O-])C(F)(F)F.O=S(=O)([O-])C(F)(F)F.O=S(=O)([O-])C(F)(F)F.O=S(=O)([O-])C(F)(F)F. The van der Waals surface area contributed by atoms with Crippen LogP contribution in [0.3, 0.4) is 0 Å². The van der Waals surface area contributed by atoms with E-state index in [9.17, 15) is 70.2 Å². The Labute approximate surface area is 749 Å². The monoisotopic (exact) mass is 2110 g/mol. The molecule has 0 radical (unpaired) electrons. The number of aromatic nitrogens is 6. The normalized spacial score (nSPS) is 15.7. The number of benzene rings is 4. The third-order valence-electron chi connectivity index (χ3n) is 18.2. The van der Waals surface area contributed by atoms with Crippen LogP contribution in [-0.4, -0.2) is 128 Å². The third kappa shape index (κ3) is 20.5. The third-order valence-corrected chi connectivity index (χ3v) is 20.5. The first-order valence-electron chi connectivity index (χ1n) is 34.4. The molecule has 22 nitrogen and oxygen atoms in total. The zero-order chi connectivity index (χ0) is 102. The fraction of sp³-hybridized carbons (Fsp3) is 0.143. The van der Waals surface area contributed by atoms with Gasteiger partial charge < -0.3 is 27.8 Å². The Bertz CT molecular complexity index is 6330. The second-order valence-electron chi connectivity index (χ2n) is 25.9. The number of hydrogen-bond donors (Lipinski definition) is 0. The van der Waals surface area contributed by atoms with Gasteiger partial charge in [0.2, 0.25) is 104 Å². The van der Waals surface area contributed by atoms with Crippen LogP contribution in [-0.2, 0) is 40.5 Å². The number of alkyl halides is 16. The van der Waals surface area contributed by atoms with Gasteiger partial charge in [0.05, 0.1) is 22.1 Å². The predicted molar refractivity (Wildman–Crippen MR) is 399 cm³/mol. The summed E-state index contributed by atoms with van der Waals surface area (Å²) in [5, 5.41) is 0.389. The highest BCUT2D eigenvalue weighted by atomic mass is 35.5. The first-order chi connectivity index (χ1) is 61.5. The Hall–Kier alpha value is -11.1. The topological polar surface area (TPSA) is 283 Å². The molecular formula is C70H40B2Cl4F32N10O12S4. The summed E-state index contributed by atoms with van der Waals surface area (Å²) in [4.78, 5) is 9.91. The Morgan fingerprint density at radius 2 is 0.507 bits per heavy atom. The number of pyridine rings is 6. The van der Waals surface area contributed by atoms with E-state index in [-0.39, 0.29) is 79.0 Å². The maximum absolute atomic E-state index is 16.0. The molecule has 724 valence electrons. The lowest BCUT2D eigenvalue weighted by Crippen LogP contribution is -2.92. The summed E-state index contributed by atoms with van der Waals surface area (Å²) in [7, 11) is -24.4. The van der Waals surface area contributed by atoms with Crippen molar-refractivity contribution in [1.29, 1.82) is 0 Å². The van der Waals surface area contributed by atoms with Crippen molar-refractivity contribution >= 4 is 134 Å². The van der Waals surface area contributed by atoms with Crippen molar-refractivity contribution in [3.8, 4) is 45.6 Å². The van der Waals surface area contributed by atoms with Crippen molar-refractivity contribution in [3.63, 3.8) is 0 Å². The van der Waals surface area contributed by atoms with Crippen molar-refractivity contribution < 1.29 is 219 Å². The van der Waals surface area contributed by atoms with Crippen molar-refractivity contribution in [2.24, 2.45) is 0 Å². The van der Waals surface area contributed by atoms with E-state index in [1.54, 1.807) is 36.4 Å². The van der Waals surface area contributed by atoms with E-state index in [1.807, 2.05) is 0 Å². The number of hydrogen-bond acceptors (Lipinski definition) is 16. The van der Waals surface area contributed by atoms with E-state index in [2.05, 4.69) is 9.97 Å². The van der Waals surface area contributed by atoms with Gasteiger partial charge in [-0.05, 0) is 85.9 Å². The fourth-order valence-electron chi connectivity index (χ4n) is 13.6. The van der Waals surface area contributed by atoms with Crippen LogP contribution in [0.2, 0.25) is 0 Å². The lowest BCUT2D eigenvalue weighted by Gasteiger charge is -2.38. The first-order valence-corrected chi connectivity index (χ1v) is 42.2. The number of fused-ring (bicyclic) bond motifs is 10. The molecule has 4 aliphatic rings. The van der Waals surface area contributed by atoms with Crippen LogP contribution >= 0.6 is 46.4 Å². The van der Waals surface area contributed by atoms with Gasteiger partial charge in [0.1, 0.15) is 35.2 Å². The first kappa shape index (κ1) is 110. The predicted octanol–water partition coefficient (Wildman–Crippen LogP) is 16.6. The van der Waals surface area contributed by atoms with Gasteiger partial charge >= 0.3 is 35.4 Å². The number of halogens is 36. The van der Waals surface area contributed by atoms with Gasteiger partial charge in [0.25, 0.3) is 0 Å². The molecule has 0 bridgehead atoms. The van der Waals surface area contributed by atoms with Crippen molar-refractivity contribution in [2.75, 3.05) is 20.3 Å². The Balaban J connectivity index is 0.000000264. The number of nitrogens with zero attached hydrogens (tertiary/aromatic N) is 10. The van der Waals surface area contributed by atoms with Crippen molar-refractivity contribution in [1.82, 2.24) is 9.97 Å². The highest BCUT2D eigenvalue weighted by molar-refractivity contribution is 7.87. The van der Waals surface area contributed by atoms with Crippen LogP contribution in [0.4, 0.5) is 163 Å². The second-order valence-corrected chi connectivity index (χ2v) is 33.0. The Morgan fingerprint density at radius 3 is 0.724 bits per heavy atom. The zero-order valence-corrected chi connectivity index (χ0v) is 71.3. The molecule has 0 unspecified atom stereocenters. The van der Waals surface area contributed by atoms with Crippen LogP contribution in [0.5, 0.6) is 0 Å². The van der Waals surface area contributed by atoms with Gasteiger partial charge in [0, 0.05) is 74.8 Å². The summed E-state index contributed by atoms with van der Waals surface area (Å²) in [6.07, 6.45) is 7.44. The summed E-state index contributed by atoms with van der Waals surface area (Å²) >= 11 is 19.1. The highest BCUT2D eigenvalue weighted by Gasteiger charge is 2.82. The molecule has 134 heavy (non-hydrogen) atoms. The molecule has 10 heterocycles. The fourth-order valence-corrected chi connectivity index (χ4v) is 13.6. The zero-order valence-electron chi connectivity index (χ0n) is 65.0. The molecule has 64 heteroatoms. The molecule has 0 amide bonds. The van der Waals surface area contributed by atoms with E-state index in [0.717, 1.165) is 12.2 Å². The smallest absolute Gasteiger partial charge is 0.741 e. The summed E-state index contributed by atoms with van der Waals surface area (Å²) in [5.74, 6) is -47.2. The quantitative estimate of drug-likeness (QED) is 0.0284. The standard InChI is InChI=1S/2C32H18BF10N5.2CH2Cl2.4CHF3O3S/c2*1-15-14-16(2)47(32-29(42)25(38)22(35)26(39)30(32)43)33(46(15)31-27(40)23(36)21(34)24(37)28(31)41)45-13-6-4-9-19(45)20-11-7-10-18(48(20)33)17-8-3-5-12-44-17;2*2-1-3;4*2-1(3,4)8(5,6)7/h2*3-14H,1-2H3;2*1H2;4*(H,5,6,7)/q2*+2;;;;;;/p-4. The van der Waals surface area contributed by atoms with Gasteiger partial charge in [-0.25, -0.2) is 131 Å². The maximum atomic E-state index is 16.0. The second kappa shape index (κ2) is 40.8. The van der Waals surface area contributed by atoms with Gasteiger partial charge in [-0.15, -0.1) is 46.4 Å². The summed E-state index contributed by atoms with van der Waals surface area (Å²) in [6, 6.07) is 27.1. The Kier molecular flexibility index (Phi) is 33.5. The van der Waals surface area contributed by atoms with Gasteiger partial charge in [-0.3, -0.25) is 9.97 Å². The molecule has 2 spiro atoms. The number of rotatable bonds is 6. The lowest BCUT2D eigenvalue weighted by atomic mass is 9.65. The van der Waals surface area contributed by atoms with E-state index in [1.165, 1.54) is 143 Å². The molecule has 0 saturated carbocycles. The van der Waals surface area contributed by atoms with Gasteiger partial charge in [0.15, 0.2) is 98.4 Å². The molecule has 0 aliphatic carbocycles. The van der Waals surface area contributed by atoms with Crippen LogP contribution in [0, 0.1) is 116 Å². The summed E-state index contributed by atoms with van der Waals surface area (Å²) in [6.45, 7) is -2.84. The van der Waals surface area contributed by atoms with E-state index < -0.39 is 215 Å². The van der Waals surface area contributed by atoms with E-state index in [0.29, 0.717) is 18.6 Å². The summed E-state index contributed by atoms with van der Waals surface area (Å²) < 4.78 is 547. The molecule has 10 aromatic rings. The molecule has 0 N–H and O–H groups in total. The van der Waals surface area contributed by atoms with E-state index in [4.69, 9.17) is 98.3 Å². The molecule has 2 atom stereocenters. The largest absolute Gasteiger partial charge is 0.933 e. The molecule has 4 aliphatic heterocycles. The van der Waals surface area contributed by atoms with Crippen molar-refractivity contribution in [3.05, 3.63) is 274 Å². The van der Waals surface area contributed by atoms with Gasteiger partial charge in [-0.2, -0.15) is 70.2 Å². The Morgan fingerprint density at radius 1 is 0.306 bits per heavy atom. The molecular weight excluding hydrogens is 2070 g/mol. The van der Waals surface area contributed by atoms with Crippen LogP contribution in [0.1, 0.15) is 27.7 Å². The minimum atomic E-state index is -6.09. The highest BCUT2D eigenvalue weighted by Crippen LogP contribution is 2.46. The van der Waals surface area contributed by atoms with Crippen LogP contribution < -0.4 is 27.5 Å². The van der Waals surface area contributed by atoms with Gasteiger partial charge in [-0.1, -0.05) is 12.1 Å². The van der Waals surface area contributed by atoms with Crippen molar-refractivity contribution in [2.45, 2.75) is 49.7 Å². The molecule has 0 fully saturated rings. The lowest BCUT2D eigenvalue weighted by molar-refractivity contribution is -0.720. The minimum Gasteiger partial charge on any atom is -0.741 e. The summed E-state index contributed by atoms with van der Waals surface area (Å²) in [5.41, 5.74) is -28.6. The molecule has 4 aromatic carbocycles. The average molecular weight is 2110 g/mol. The van der Waals surface area contributed by atoms with Crippen LogP contribution in [0.15, 0.2) is 158 Å². The molecule has 6 aromatic heterocycles. The average Bonchev–Trinajstić information content (AvgIpc) is 1.49. The molecule has 0 saturated heterocycles.